The fourth-order valence-corrected chi connectivity index (χ4v) is 3.59. The maximum absolute atomic E-state index is 11.8. The van der Waals surface area contributed by atoms with Crippen molar-refractivity contribution < 1.29 is 37.8 Å². The molecule has 0 aliphatic heterocycles. The number of halogens is 1. The van der Waals surface area contributed by atoms with Gasteiger partial charge in [-0.15, -0.1) is 4.99 Å². The van der Waals surface area contributed by atoms with Crippen LogP contribution < -0.4 is 19.9 Å². The molecule has 0 saturated heterocycles. The van der Waals surface area contributed by atoms with Gasteiger partial charge in [0.2, 0.25) is 12.2 Å². The highest BCUT2D eigenvalue weighted by molar-refractivity contribution is 6.30. The zero-order chi connectivity index (χ0) is 29.5. The summed E-state index contributed by atoms with van der Waals surface area (Å²) in [6.45, 7) is 3.35. The van der Waals surface area contributed by atoms with E-state index in [9.17, 15) is 4.79 Å². The highest BCUT2D eigenvalue weighted by Gasteiger charge is 2.14. The molecule has 13 heteroatoms. The summed E-state index contributed by atoms with van der Waals surface area (Å²) in [4.78, 5) is 17.3. The van der Waals surface area contributed by atoms with Gasteiger partial charge in [-0.25, -0.2) is 4.79 Å². The summed E-state index contributed by atoms with van der Waals surface area (Å²) in [5.74, 6) is 0.908. The molecule has 1 heterocycles. The number of pyridine rings is 1. The molecule has 0 spiro atoms. The molecule has 12 nitrogen and oxygen atoms in total. The largest absolute Gasteiger partial charge is 0.513 e. The number of benzene rings is 1. The first kappa shape index (κ1) is 33.6. The smallest absolute Gasteiger partial charge is 0.494 e. The molecule has 0 bridgehead atoms. The van der Waals surface area contributed by atoms with E-state index in [1.165, 1.54) is 0 Å². The van der Waals surface area contributed by atoms with Crippen LogP contribution in [0.2, 0.25) is 5.02 Å². The summed E-state index contributed by atoms with van der Waals surface area (Å²) < 4.78 is 33.0. The monoisotopic (exact) mass is 592 g/mol. The molecule has 1 aromatic carbocycles. The number of carbonyl (C=O) groups excluding carboxylic acids is 1. The normalized spacial score (nSPS) is 11.1. The quantitative estimate of drug-likeness (QED) is 0.0604. The van der Waals surface area contributed by atoms with Crippen molar-refractivity contribution >= 4 is 29.4 Å². The van der Waals surface area contributed by atoms with Crippen LogP contribution in [0, 0.1) is 11.5 Å². The van der Waals surface area contributed by atoms with E-state index in [1.807, 2.05) is 12.1 Å². The Kier molecular flexibility index (Phi) is 17.3. The predicted molar refractivity (Wildman–Crippen MR) is 153 cm³/mol. The molecule has 0 atom stereocenters. The first-order valence-electron chi connectivity index (χ1n) is 13.3. The molecule has 1 aromatic heterocycles. The molecular formula is C28H39ClN5O7+. The van der Waals surface area contributed by atoms with Gasteiger partial charge < -0.3 is 39.1 Å². The number of nitrogens with two attached hydrogens (primary N) is 1. The highest BCUT2D eigenvalue weighted by Crippen LogP contribution is 2.17. The second-order valence-corrected chi connectivity index (χ2v) is 9.03. The van der Waals surface area contributed by atoms with E-state index < -0.39 is 6.16 Å². The Hall–Kier alpha value is -3.63. The average Bonchev–Trinajstić information content (AvgIpc) is 2.98. The maximum atomic E-state index is 11.8. The summed E-state index contributed by atoms with van der Waals surface area (Å²) >= 11 is 5.89. The van der Waals surface area contributed by atoms with Gasteiger partial charge in [0, 0.05) is 30.8 Å². The fraction of sp³-hybridized carbons (Fsp3) is 0.500. The minimum Gasteiger partial charge on any atom is -0.494 e. The van der Waals surface area contributed by atoms with Crippen molar-refractivity contribution in [1.29, 1.82) is 5.26 Å². The lowest BCUT2D eigenvalue weighted by molar-refractivity contribution is -0.727. The van der Waals surface area contributed by atoms with E-state index in [-0.39, 0.29) is 25.9 Å². The predicted octanol–water partition coefficient (Wildman–Crippen LogP) is 3.66. The summed E-state index contributed by atoms with van der Waals surface area (Å²) in [5.41, 5.74) is 6.81. The Labute approximate surface area is 246 Å². The van der Waals surface area contributed by atoms with Crippen molar-refractivity contribution in [3.63, 3.8) is 0 Å². The number of ether oxygens (including phenoxy) is 6. The lowest BCUT2D eigenvalue weighted by atomic mass is 10.2. The van der Waals surface area contributed by atoms with Gasteiger partial charge >= 0.3 is 6.16 Å². The standard InChI is InChI=1S/C28H39ClN5O7/c1-36-16-17-37-18-19-38-20-21-40-28(35)41-23-33-13-10-25(11-14-33)34(27(31)32-22-30)12-4-2-3-5-15-39-26-8-6-24(29)7-9-26/h6-11,13-14H,2-5,12,15-21,23H2,1H3,(H2,31,32)/q+1. The van der Waals surface area contributed by atoms with Gasteiger partial charge in [0.05, 0.1) is 45.3 Å². The van der Waals surface area contributed by atoms with E-state index in [4.69, 9.17) is 51.0 Å². The van der Waals surface area contributed by atoms with Crippen LogP contribution in [0.3, 0.4) is 0 Å². The van der Waals surface area contributed by atoms with E-state index in [0.717, 1.165) is 37.1 Å². The maximum Gasteiger partial charge on any atom is 0.513 e. The number of carbonyl (C=O) groups is 1. The number of nitriles is 1. The SMILES string of the molecule is COCCOCCOCCOC(=O)OC[n+]1ccc(N(CCCCCCOc2ccc(Cl)cc2)C(N)=NC#N)cc1. The van der Waals surface area contributed by atoms with E-state index >= 15 is 0 Å². The Morgan fingerprint density at radius 2 is 1.59 bits per heavy atom. The molecule has 0 aliphatic rings. The van der Waals surface area contributed by atoms with Crippen molar-refractivity contribution in [2.24, 2.45) is 10.7 Å². The zero-order valence-electron chi connectivity index (χ0n) is 23.4. The molecule has 0 aliphatic carbocycles. The number of rotatable bonds is 20. The Bertz CT molecular complexity index is 1060. The zero-order valence-corrected chi connectivity index (χ0v) is 24.2. The minimum absolute atomic E-state index is 0.0346. The summed E-state index contributed by atoms with van der Waals surface area (Å²) in [7, 11) is 1.61. The molecule has 224 valence electrons. The molecule has 0 unspecified atom stereocenters. The number of hydrogen-bond acceptors (Lipinski definition) is 9. The lowest BCUT2D eigenvalue weighted by Gasteiger charge is -2.22. The van der Waals surface area contributed by atoms with Gasteiger partial charge in [-0.2, -0.15) is 9.83 Å². The first-order valence-corrected chi connectivity index (χ1v) is 13.7. The number of hydrogen-bond donors (Lipinski definition) is 1. The number of guanidine groups is 1. The van der Waals surface area contributed by atoms with Gasteiger partial charge in [0.15, 0.2) is 12.4 Å². The third-order valence-corrected chi connectivity index (χ3v) is 5.82. The van der Waals surface area contributed by atoms with Crippen molar-refractivity contribution in [3.8, 4) is 11.9 Å². The third-order valence-electron chi connectivity index (χ3n) is 5.57. The average molecular weight is 593 g/mol. The van der Waals surface area contributed by atoms with Crippen LogP contribution in [0.1, 0.15) is 25.7 Å². The Balaban J connectivity index is 1.67. The third kappa shape index (κ3) is 15.1. The molecule has 0 fully saturated rings. The highest BCUT2D eigenvalue weighted by atomic mass is 35.5. The van der Waals surface area contributed by atoms with Gasteiger partial charge in [0.1, 0.15) is 12.4 Å². The van der Waals surface area contributed by atoms with Crippen molar-refractivity contribution in [2.75, 3.05) is 64.8 Å². The minimum atomic E-state index is -0.799. The molecule has 0 saturated carbocycles. The number of anilines is 1. The van der Waals surface area contributed by atoms with Crippen LogP contribution in [0.4, 0.5) is 10.5 Å². The topological polar surface area (TPSA) is 142 Å². The van der Waals surface area contributed by atoms with Crippen LogP contribution in [-0.4, -0.2) is 72.0 Å². The van der Waals surface area contributed by atoms with Crippen molar-refractivity contribution in [1.82, 2.24) is 0 Å². The number of unbranched alkanes of at least 4 members (excludes halogenated alkanes) is 3. The number of nitrogens with zero attached hydrogens (tertiary/aromatic N) is 4. The molecule has 41 heavy (non-hydrogen) atoms. The molecule has 0 amide bonds. The fourth-order valence-electron chi connectivity index (χ4n) is 3.47. The van der Waals surface area contributed by atoms with E-state index in [1.54, 1.807) is 59.4 Å². The van der Waals surface area contributed by atoms with Crippen molar-refractivity contribution in [2.45, 2.75) is 32.4 Å². The molecule has 0 radical (unpaired) electrons. The second kappa shape index (κ2) is 21.2. The molecule has 2 rings (SSSR count). The number of aliphatic imine (C=N–C) groups is 1. The van der Waals surface area contributed by atoms with E-state index in [0.29, 0.717) is 44.6 Å². The van der Waals surface area contributed by atoms with Crippen LogP contribution in [0.5, 0.6) is 5.75 Å². The number of methoxy groups -OCH3 is 1. The van der Waals surface area contributed by atoms with Gasteiger partial charge in [-0.1, -0.05) is 24.4 Å². The molecule has 2 aromatic rings. The van der Waals surface area contributed by atoms with Crippen LogP contribution >= 0.6 is 11.6 Å². The van der Waals surface area contributed by atoms with Gasteiger partial charge in [-0.3, -0.25) is 0 Å². The molecule has 2 N–H and O–H groups in total. The Morgan fingerprint density at radius 1 is 0.927 bits per heavy atom. The summed E-state index contributed by atoms with van der Waals surface area (Å²) in [5, 5.41) is 9.65. The van der Waals surface area contributed by atoms with Gasteiger partial charge in [0.25, 0.3) is 6.73 Å². The summed E-state index contributed by atoms with van der Waals surface area (Å²) in [6.07, 6.45) is 8.09. The second-order valence-electron chi connectivity index (χ2n) is 8.60. The Morgan fingerprint density at radius 3 is 2.27 bits per heavy atom. The van der Waals surface area contributed by atoms with E-state index in [2.05, 4.69) is 4.99 Å². The first-order chi connectivity index (χ1) is 20.0. The van der Waals surface area contributed by atoms with Crippen LogP contribution in [-0.2, 0) is 30.4 Å². The number of aromatic nitrogens is 1. The summed E-state index contributed by atoms with van der Waals surface area (Å²) in [6, 6.07) is 10.9. The van der Waals surface area contributed by atoms with Gasteiger partial charge in [-0.05, 0) is 37.1 Å². The molecular weight excluding hydrogens is 554 g/mol. The lowest BCUT2D eigenvalue weighted by Crippen LogP contribution is -2.40. The van der Waals surface area contributed by atoms with Crippen molar-refractivity contribution in [3.05, 3.63) is 53.8 Å². The van der Waals surface area contributed by atoms with Crippen LogP contribution in [0.15, 0.2) is 53.8 Å². The van der Waals surface area contributed by atoms with Crippen LogP contribution in [0.25, 0.3) is 0 Å².